The first kappa shape index (κ1) is 16.4. The number of rotatable bonds is 3. The van der Waals surface area contributed by atoms with Crippen molar-refractivity contribution >= 4 is 28.5 Å². The second-order valence-electron chi connectivity index (χ2n) is 6.77. The first-order valence-corrected chi connectivity index (χ1v) is 9.71. The summed E-state index contributed by atoms with van der Waals surface area (Å²) >= 11 is 2.14. The van der Waals surface area contributed by atoms with Gasteiger partial charge in [-0.2, -0.15) is 0 Å². The summed E-state index contributed by atoms with van der Waals surface area (Å²) in [5.41, 5.74) is 1.35. The number of nitrogens with zero attached hydrogens (tertiary/aromatic N) is 3. The Morgan fingerprint density at radius 3 is 2.58 bits per heavy atom. The molecule has 0 unspecified atom stereocenters. The predicted octanol–water partition coefficient (Wildman–Crippen LogP) is 2.02. The third-order valence-corrected chi connectivity index (χ3v) is 6.65. The van der Waals surface area contributed by atoms with Crippen molar-refractivity contribution in [1.82, 2.24) is 14.4 Å². The van der Waals surface area contributed by atoms with Crippen LogP contribution in [0.3, 0.4) is 0 Å². The Morgan fingerprint density at radius 1 is 1.25 bits per heavy atom. The Balaban J connectivity index is 1.95. The minimum atomic E-state index is -0.143. The van der Waals surface area contributed by atoms with Crippen molar-refractivity contribution in [3.63, 3.8) is 0 Å². The molecular formula is C17H22IN3O3. The Kier molecular flexibility index (Phi) is 4.11. The number of carbonyl (C=O) groups is 1. The fraction of sp³-hybridized carbons (Fsp3) is 0.647. The Morgan fingerprint density at radius 2 is 1.96 bits per heavy atom. The van der Waals surface area contributed by atoms with Gasteiger partial charge in [0.2, 0.25) is 5.43 Å². The van der Waals surface area contributed by atoms with Crippen LogP contribution in [0.2, 0.25) is 0 Å². The van der Waals surface area contributed by atoms with Gasteiger partial charge in [0.15, 0.2) is 11.4 Å². The van der Waals surface area contributed by atoms with Gasteiger partial charge in [-0.3, -0.25) is 14.5 Å². The Bertz CT molecular complexity index is 754. The highest BCUT2D eigenvalue weighted by atomic mass is 127. The van der Waals surface area contributed by atoms with Gasteiger partial charge < -0.3 is 14.2 Å². The van der Waals surface area contributed by atoms with Crippen molar-refractivity contribution in [3.05, 3.63) is 25.2 Å². The molecule has 6 nitrogen and oxygen atoms in total. The zero-order valence-electron chi connectivity index (χ0n) is 14.0. The highest BCUT2D eigenvalue weighted by Gasteiger charge is 2.45. The van der Waals surface area contributed by atoms with Crippen LogP contribution in [0.15, 0.2) is 4.79 Å². The SMILES string of the molecule is CCN1C[C@@H]2C[C@@H](N3CCCC3)c3c(I)c(=O)c(OC)c(n32)C1=O. The summed E-state index contributed by atoms with van der Waals surface area (Å²) in [5, 5.41) is 0. The molecule has 1 aromatic heterocycles. The first-order valence-electron chi connectivity index (χ1n) is 8.63. The highest BCUT2D eigenvalue weighted by molar-refractivity contribution is 14.1. The number of amides is 1. The van der Waals surface area contributed by atoms with Crippen molar-refractivity contribution in [2.24, 2.45) is 0 Å². The van der Waals surface area contributed by atoms with Crippen LogP contribution in [0.5, 0.6) is 5.75 Å². The van der Waals surface area contributed by atoms with Gasteiger partial charge in [0.05, 0.1) is 28.5 Å². The number of likely N-dealkylation sites (N-methyl/N-ethyl adjacent to an activating group) is 1. The molecule has 1 aromatic rings. The van der Waals surface area contributed by atoms with Crippen LogP contribution >= 0.6 is 22.6 Å². The molecule has 0 radical (unpaired) electrons. The fourth-order valence-corrected chi connectivity index (χ4v) is 5.37. The van der Waals surface area contributed by atoms with E-state index in [1.807, 2.05) is 11.8 Å². The molecule has 0 aliphatic carbocycles. The monoisotopic (exact) mass is 443 g/mol. The maximum Gasteiger partial charge on any atom is 0.274 e. The lowest BCUT2D eigenvalue weighted by atomic mass is 10.1. The average Bonchev–Trinajstić information content (AvgIpc) is 3.22. The minimum absolute atomic E-state index is 0.0811. The molecule has 0 saturated carbocycles. The summed E-state index contributed by atoms with van der Waals surface area (Å²) in [7, 11) is 1.48. The van der Waals surface area contributed by atoms with Gasteiger partial charge in [-0.25, -0.2) is 0 Å². The third kappa shape index (κ3) is 2.16. The van der Waals surface area contributed by atoms with Crippen LogP contribution in [-0.2, 0) is 0 Å². The van der Waals surface area contributed by atoms with Gasteiger partial charge >= 0.3 is 0 Å². The molecule has 24 heavy (non-hydrogen) atoms. The molecule has 0 spiro atoms. The fourth-order valence-electron chi connectivity index (χ4n) is 4.50. The number of aromatic nitrogens is 1. The van der Waals surface area contributed by atoms with Gasteiger partial charge in [0.1, 0.15) is 0 Å². The topological polar surface area (TPSA) is 54.8 Å². The van der Waals surface area contributed by atoms with E-state index >= 15 is 0 Å². The lowest BCUT2D eigenvalue weighted by Crippen LogP contribution is -2.44. The van der Waals surface area contributed by atoms with E-state index in [9.17, 15) is 9.59 Å². The number of likely N-dealkylation sites (tertiary alicyclic amines) is 1. The highest BCUT2D eigenvalue weighted by Crippen LogP contribution is 2.45. The lowest BCUT2D eigenvalue weighted by Gasteiger charge is -2.34. The number of halogens is 1. The molecular weight excluding hydrogens is 421 g/mol. The van der Waals surface area contributed by atoms with Crippen LogP contribution in [-0.4, -0.2) is 53.6 Å². The quantitative estimate of drug-likeness (QED) is 0.672. The van der Waals surface area contributed by atoms with Gasteiger partial charge in [-0.05, 0) is 61.9 Å². The molecule has 1 fully saturated rings. The van der Waals surface area contributed by atoms with Gasteiger partial charge in [0, 0.05) is 13.1 Å². The second-order valence-corrected chi connectivity index (χ2v) is 7.85. The Hall–Kier alpha value is -1.09. The number of methoxy groups -OCH3 is 1. The van der Waals surface area contributed by atoms with Crippen molar-refractivity contribution in [2.45, 2.75) is 38.3 Å². The van der Waals surface area contributed by atoms with Crippen LogP contribution in [0.1, 0.15) is 54.5 Å². The van der Waals surface area contributed by atoms with Crippen LogP contribution in [0.4, 0.5) is 0 Å². The third-order valence-electron chi connectivity index (χ3n) is 5.61. The van der Waals surface area contributed by atoms with E-state index in [0.717, 1.165) is 31.7 Å². The molecule has 0 N–H and O–H groups in total. The van der Waals surface area contributed by atoms with Gasteiger partial charge in [-0.15, -0.1) is 0 Å². The summed E-state index contributed by atoms with van der Waals surface area (Å²) in [6.07, 6.45) is 3.40. The van der Waals surface area contributed by atoms with Gasteiger partial charge in [-0.1, -0.05) is 0 Å². The molecule has 4 heterocycles. The Labute approximate surface area is 154 Å². The number of hydrogen-bond acceptors (Lipinski definition) is 4. The van der Waals surface area contributed by atoms with E-state index in [1.165, 1.54) is 20.0 Å². The number of ether oxygens (including phenoxy) is 1. The molecule has 0 aromatic carbocycles. The molecule has 130 valence electrons. The zero-order chi connectivity index (χ0) is 17.0. The lowest BCUT2D eigenvalue weighted by molar-refractivity contribution is 0.0673. The van der Waals surface area contributed by atoms with E-state index in [-0.39, 0.29) is 29.2 Å². The summed E-state index contributed by atoms with van der Waals surface area (Å²) in [6, 6.07) is 0.479. The van der Waals surface area contributed by atoms with Crippen LogP contribution in [0.25, 0.3) is 0 Å². The molecule has 4 rings (SSSR count). The van der Waals surface area contributed by atoms with Crippen molar-refractivity contribution < 1.29 is 9.53 Å². The van der Waals surface area contributed by atoms with Gasteiger partial charge in [0.25, 0.3) is 5.91 Å². The van der Waals surface area contributed by atoms with Crippen LogP contribution < -0.4 is 10.2 Å². The predicted molar refractivity (Wildman–Crippen MR) is 98.8 cm³/mol. The zero-order valence-corrected chi connectivity index (χ0v) is 16.2. The molecule has 1 saturated heterocycles. The molecule has 3 aliphatic rings. The maximum absolute atomic E-state index is 12.9. The average molecular weight is 443 g/mol. The van der Waals surface area contributed by atoms with Crippen LogP contribution in [0, 0.1) is 3.57 Å². The van der Waals surface area contributed by atoms with E-state index < -0.39 is 0 Å². The van der Waals surface area contributed by atoms with E-state index in [0.29, 0.717) is 15.8 Å². The number of pyridine rings is 1. The standard InChI is InChI=1S/C17H22IN3O3/c1-3-19-9-10-8-11(20-6-4-5-7-20)13-12(18)15(22)16(24-2)14(17(19)23)21(10)13/h10-11H,3-9H2,1-2H3/t10-,11+/m0/s1. The largest absolute Gasteiger partial charge is 0.491 e. The summed E-state index contributed by atoms with van der Waals surface area (Å²) in [6.45, 7) is 5.52. The first-order chi connectivity index (χ1) is 11.6. The molecule has 2 atom stereocenters. The van der Waals surface area contributed by atoms with E-state index in [1.54, 1.807) is 0 Å². The molecule has 0 bridgehead atoms. The molecule has 3 aliphatic heterocycles. The number of carbonyl (C=O) groups excluding carboxylic acids is 1. The van der Waals surface area contributed by atoms with E-state index in [2.05, 4.69) is 32.1 Å². The molecule has 7 heteroatoms. The normalized spacial score (nSPS) is 26.1. The molecule has 1 amide bonds. The second kappa shape index (κ2) is 6.01. The smallest absolute Gasteiger partial charge is 0.274 e. The maximum atomic E-state index is 12.9. The van der Waals surface area contributed by atoms with Crippen molar-refractivity contribution in [3.8, 4) is 5.75 Å². The van der Waals surface area contributed by atoms with Crippen molar-refractivity contribution in [1.29, 1.82) is 0 Å². The number of hydrogen-bond donors (Lipinski definition) is 0. The van der Waals surface area contributed by atoms with E-state index in [4.69, 9.17) is 4.74 Å². The van der Waals surface area contributed by atoms with Crippen molar-refractivity contribution in [2.75, 3.05) is 33.3 Å². The minimum Gasteiger partial charge on any atom is -0.491 e. The summed E-state index contributed by atoms with van der Waals surface area (Å²) < 4.78 is 8.22. The summed E-state index contributed by atoms with van der Waals surface area (Å²) in [5.74, 6) is 0.126. The summed E-state index contributed by atoms with van der Waals surface area (Å²) in [4.78, 5) is 30.1.